The zero-order valence-corrected chi connectivity index (χ0v) is 21.5. The van der Waals surface area contributed by atoms with Crippen molar-refractivity contribution in [3.63, 3.8) is 0 Å². The van der Waals surface area contributed by atoms with Gasteiger partial charge in [-0.1, -0.05) is 37.5 Å². The van der Waals surface area contributed by atoms with Crippen LogP contribution >= 0.6 is 24.0 Å². The molecule has 1 fully saturated rings. The van der Waals surface area contributed by atoms with Gasteiger partial charge in [-0.15, -0.1) is 24.0 Å². The van der Waals surface area contributed by atoms with Crippen molar-refractivity contribution in [1.29, 1.82) is 0 Å². The highest BCUT2D eigenvalue weighted by Crippen LogP contribution is 2.38. The third-order valence-electron chi connectivity index (χ3n) is 6.19. The quantitative estimate of drug-likeness (QED) is 0.265. The standard InChI is InChI=1S/C24H37N5O.HI/c1-4-25-23(27-18-24(14-15-30)12-8-5-9-13-24)26-17-19-16-22(29(2)3)28-21-11-7-6-10-20(19)21;/h6-7,10-11,16,30H,4-5,8-9,12-15,17-18H2,1-3H3,(H2,25,26,27);1H. The predicted molar refractivity (Wildman–Crippen MR) is 142 cm³/mol. The number of guanidine groups is 1. The summed E-state index contributed by atoms with van der Waals surface area (Å²) in [5, 5.41) is 17.7. The third kappa shape index (κ3) is 6.94. The number of fused-ring (bicyclic) bond motifs is 1. The molecule has 172 valence electrons. The van der Waals surface area contributed by atoms with Crippen molar-refractivity contribution in [1.82, 2.24) is 15.6 Å². The molecule has 0 amide bonds. The Balaban J connectivity index is 0.00000341. The van der Waals surface area contributed by atoms with Crippen LogP contribution in [0.1, 0.15) is 51.0 Å². The fourth-order valence-corrected chi connectivity index (χ4v) is 4.42. The van der Waals surface area contributed by atoms with Gasteiger partial charge >= 0.3 is 0 Å². The molecule has 2 aromatic rings. The van der Waals surface area contributed by atoms with Crippen LogP contribution in [0.5, 0.6) is 0 Å². The van der Waals surface area contributed by atoms with Gasteiger partial charge in [0.1, 0.15) is 5.82 Å². The van der Waals surface area contributed by atoms with Gasteiger partial charge in [-0.05, 0) is 49.3 Å². The maximum atomic E-state index is 9.59. The predicted octanol–water partition coefficient (Wildman–Crippen LogP) is 4.31. The number of aromatic nitrogens is 1. The number of hydrogen-bond acceptors (Lipinski definition) is 4. The molecule has 1 aromatic heterocycles. The van der Waals surface area contributed by atoms with Crippen LogP contribution in [0, 0.1) is 5.41 Å². The molecular weight excluding hydrogens is 501 g/mol. The summed E-state index contributed by atoms with van der Waals surface area (Å²) in [6.45, 7) is 4.61. The topological polar surface area (TPSA) is 72.8 Å². The van der Waals surface area contributed by atoms with Gasteiger partial charge < -0.3 is 20.6 Å². The Kier molecular flexibility index (Phi) is 10.3. The van der Waals surface area contributed by atoms with Crippen molar-refractivity contribution in [2.24, 2.45) is 10.4 Å². The first kappa shape index (κ1) is 25.6. The molecule has 0 saturated heterocycles. The first-order valence-corrected chi connectivity index (χ1v) is 11.3. The molecule has 1 heterocycles. The molecule has 6 nitrogen and oxygen atoms in total. The van der Waals surface area contributed by atoms with Crippen molar-refractivity contribution in [3.05, 3.63) is 35.9 Å². The number of hydrogen-bond donors (Lipinski definition) is 3. The highest BCUT2D eigenvalue weighted by molar-refractivity contribution is 14.0. The summed E-state index contributed by atoms with van der Waals surface area (Å²) in [5.74, 6) is 1.79. The van der Waals surface area contributed by atoms with Crippen LogP contribution in [-0.2, 0) is 6.54 Å². The summed E-state index contributed by atoms with van der Waals surface area (Å²) in [6, 6.07) is 10.4. The molecule has 1 saturated carbocycles. The van der Waals surface area contributed by atoms with E-state index in [9.17, 15) is 5.11 Å². The molecule has 0 atom stereocenters. The number of aliphatic hydroxyl groups excluding tert-OH is 1. The number of anilines is 1. The summed E-state index contributed by atoms with van der Waals surface area (Å²) >= 11 is 0. The van der Waals surface area contributed by atoms with Gasteiger partial charge in [0, 0.05) is 39.2 Å². The second-order valence-electron chi connectivity index (χ2n) is 8.63. The van der Waals surface area contributed by atoms with E-state index in [1.807, 2.05) is 25.1 Å². The van der Waals surface area contributed by atoms with Crippen LogP contribution in [-0.4, -0.2) is 49.8 Å². The maximum absolute atomic E-state index is 9.59. The molecule has 1 aliphatic rings. The normalized spacial score (nSPS) is 15.9. The van der Waals surface area contributed by atoms with E-state index in [0.717, 1.165) is 42.2 Å². The monoisotopic (exact) mass is 539 g/mol. The van der Waals surface area contributed by atoms with Gasteiger partial charge in [-0.3, -0.25) is 0 Å². The minimum Gasteiger partial charge on any atom is -0.396 e. The van der Waals surface area contributed by atoms with Crippen molar-refractivity contribution < 1.29 is 5.11 Å². The Morgan fingerprint density at radius 2 is 1.90 bits per heavy atom. The molecule has 31 heavy (non-hydrogen) atoms. The van der Waals surface area contributed by atoms with E-state index in [1.165, 1.54) is 37.7 Å². The number of nitrogens with one attached hydrogen (secondary N) is 2. The summed E-state index contributed by atoms with van der Waals surface area (Å²) < 4.78 is 0. The second kappa shape index (κ2) is 12.4. The SMILES string of the molecule is CCNC(=NCc1cc(N(C)C)nc2ccccc12)NCC1(CCO)CCCCC1.I. The van der Waals surface area contributed by atoms with Crippen LogP contribution in [0.15, 0.2) is 35.3 Å². The molecule has 1 aliphatic carbocycles. The van der Waals surface area contributed by atoms with E-state index < -0.39 is 0 Å². The molecule has 3 N–H and O–H groups in total. The first-order chi connectivity index (χ1) is 14.6. The number of rotatable bonds is 8. The lowest BCUT2D eigenvalue weighted by Gasteiger charge is -2.37. The van der Waals surface area contributed by atoms with Gasteiger partial charge in [0.15, 0.2) is 5.96 Å². The van der Waals surface area contributed by atoms with Crippen molar-refractivity contribution in [2.45, 2.75) is 52.0 Å². The van der Waals surface area contributed by atoms with Crippen molar-refractivity contribution in [2.75, 3.05) is 38.7 Å². The van der Waals surface area contributed by atoms with E-state index in [1.54, 1.807) is 0 Å². The maximum Gasteiger partial charge on any atom is 0.191 e. The van der Waals surface area contributed by atoms with Gasteiger partial charge in [-0.25, -0.2) is 9.98 Å². The third-order valence-corrected chi connectivity index (χ3v) is 6.19. The lowest BCUT2D eigenvalue weighted by molar-refractivity contribution is 0.131. The highest BCUT2D eigenvalue weighted by atomic mass is 127. The Labute approximate surface area is 203 Å². The van der Waals surface area contributed by atoms with E-state index >= 15 is 0 Å². The number of pyridine rings is 1. The van der Waals surface area contributed by atoms with E-state index in [2.05, 4.69) is 41.8 Å². The van der Waals surface area contributed by atoms with Crippen molar-refractivity contribution >= 4 is 46.7 Å². The lowest BCUT2D eigenvalue weighted by Crippen LogP contribution is -2.44. The van der Waals surface area contributed by atoms with Gasteiger partial charge in [0.25, 0.3) is 0 Å². The van der Waals surface area contributed by atoms with Gasteiger partial charge in [0.05, 0.1) is 12.1 Å². The molecule has 1 aromatic carbocycles. The average Bonchev–Trinajstić information content (AvgIpc) is 2.76. The van der Waals surface area contributed by atoms with Crippen LogP contribution in [0.3, 0.4) is 0 Å². The summed E-state index contributed by atoms with van der Waals surface area (Å²) in [7, 11) is 4.03. The smallest absolute Gasteiger partial charge is 0.191 e. The van der Waals surface area contributed by atoms with E-state index in [0.29, 0.717) is 6.54 Å². The molecule has 0 bridgehead atoms. The number of aliphatic hydroxyl groups is 1. The molecular formula is C24H38IN5O. The number of halogens is 1. The number of benzene rings is 1. The Hall–Kier alpha value is -1.61. The van der Waals surface area contributed by atoms with Crippen LogP contribution in [0.2, 0.25) is 0 Å². The Morgan fingerprint density at radius 3 is 2.58 bits per heavy atom. The van der Waals surface area contributed by atoms with Gasteiger partial charge in [0.2, 0.25) is 0 Å². The number of nitrogens with zero attached hydrogens (tertiary/aromatic N) is 3. The minimum atomic E-state index is 0. The molecule has 7 heteroatoms. The number of aliphatic imine (C=N–C) groups is 1. The summed E-state index contributed by atoms with van der Waals surface area (Å²) in [6.07, 6.45) is 7.05. The van der Waals surface area contributed by atoms with Crippen LogP contribution in [0.25, 0.3) is 10.9 Å². The first-order valence-electron chi connectivity index (χ1n) is 11.3. The molecule has 0 unspecified atom stereocenters. The van der Waals surface area contributed by atoms with E-state index in [4.69, 9.17) is 9.98 Å². The average molecular weight is 540 g/mol. The summed E-state index contributed by atoms with van der Waals surface area (Å²) in [4.78, 5) is 11.7. The molecule has 3 rings (SSSR count). The zero-order chi connectivity index (χ0) is 21.4. The molecule has 0 aliphatic heterocycles. The molecule has 0 spiro atoms. The Morgan fingerprint density at radius 1 is 1.16 bits per heavy atom. The lowest BCUT2D eigenvalue weighted by atomic mass is 9.72. The van der Waals surface area contributed by atoms with Crippen LogP contribution in [0.4, 0.5) is 5.82 Å². The minimum absolute atomic E-state index is 0. The van der Waals surface area contributed by atoms with Gasteiger partial charge in [-0.2, -0.15) is 0 Å². The Bertz CT molecular complexity index is 843. The summed E-state index contributed by atoms with van der Waals surface area (Å²) in [5.41, 5.74) is 2.35. The number of para-hydroxylation sites is 1. The fourth-order valence-electron chi connectivity index (χ4n) is 4.42. The van der Waals surface area contributed by atoms with E-state index in [-0.39, 0.29) is 36.0 Å². The second-order valence-corrected chi connectivity index (χ2v) is 8.63. The fraction of sp³-hybridized carbons (Fsp3) is 0.583. The zero-order valence-electron chi connectivity index (χ0n) is 19.2. The van der Waals surface area contributed by atoms with Crippen LogP contribution < -0.4 is 15.5 Å². The molecule has 0 radical (unpaired) electrons. The van der Waals surface area contributed by atoms with Crippen molar-refractivity contribution in [3.8, 4) is 0 Å². The largest absolute Gasteiger partial charge is 0.396 e. The highest BCUT2D eigenvalue weighted by Gasteiger charge is 2.31.